The number of benzene rings is 3. The van der Waals surface area contributed by atoms with Crippen molar-refractivity contribution >= 4 is 52.2 Å². The Morgan fingerprint density at radius 3 is 2.38 bits per heavy atom. The van der Waals surface area contributed by atoms with Gasteiger partial charge >= 0.3 is 0 Å². The molecule has 0 radical (unpaired) electrons. The van der Waals surface area contributed by atoms with Crippen LogP contribution < -0.4 is 11.1 Å². The average Bonchev–Trinajstić information content (AvgIpc) is 2.63. The van der Waals surface area contributed by atoms with Crippen molar-refractivity contribution in [1.82, 2.24) is 0 Å². The monoisotopic (exact) mass is 402 g/mol. The van der Waals surface area contributed by atoms with E-state index in [9.17, 15) is 4.79 Å². The highest BCUT2D eigenvalue weighted by molar-refractivity contribution is 8.00. The van der Waals surface area contributed by atoms with Gasteiger partial charge in [-0.3, -0.25) is 4.79 Å². The molecule has 6 heteroatoms. The van der Waals surface area contributed by atoms with Gasteiger partial charge in [0.15, 0.2) is 0 Å². The van der Waals surface area contributed by atoms with Gasteiger partial charge in [-0.2, -0.15) is 0 Å². The second kappa shape index (κ2) is 8.49. The van der Waals surface area contributed by atoms with Gasteiger partial charge in [0.2, 0.25) is 5.91 Å². The topological polar surface area (TPSA) is 55.1 Å². The van der Waals surface area contributed by atoms with E-state index in [0.717, 1.165) is 10.5 Å². The minimum atomic E-state index is -0.438. The Morgan fingerprint density at radius 2 is 1.69 bits per heavy atom. The molecule has 0 aliphatic heterocycles. The van der Waals surface area contributed by atoms with E-state index in [4.69, 9.17) is 28.9 Å². The molecular weight excluding hydrogens is 387 g/mol. The molecule has 1 amide bonds. The maximum atomic E-state index is 13.0. The summed E-state index contributed by atoms with van der Waals surface area (Å²) in [5.74, 6) is -0.151. The smallest absolute Gasteiger partial charge is 0.242 e. The van der Waals surface area contributed by atoms with E-state index in [1.165, 1.54) is 11.8 Å². The van der Waals surface area contributed by atoms with Crippen LogP contribution in [0.25, 0.3) is 0 Å². The third kappa shape index (κ3) is 4.73. The van der Waals surface area contributed by atoms with Crippen molar-refractivity contribution in [3.8, 4) is 0 Å². The summed E-state index contributed by atoms with van der Waals surface area (Å²) < 4.78 is 0. The lowest BCUT2D eigenvalue weighted by atomic mass is 10.1. The molecule has 0 spiro atoms. The zero-order valence-corrected chi connectivity index (χ0v) is 16.0. The lowest BCUT2D eigenvalue weighted by Crippen LogP contribution is -2.19. The molecule has 1 atom stereocenters. The normalized spacial score (nSPS) is 11.8. The summed E-state index contributed by atoms with van der Waals surface area (Å²) in [4.78, 5) is 13.9. The molecule has 0 aliphatic carbocycles. The first-order valence-electron chi connectivity index (χ1n) is 7.86. The largest absolute Gasteiger partial charge is 0.399 e. The number of carbonyl (C=O) groups excluding carboxylic acids is 1. The van der Waals surface area contributed by atoms with Gasteiger partial charge in [-0.15, -0.1) is 11.8 Å². The number of nitrogen functional groups attached to an aromatic ring is 1. The molecule has 3 N–H and O–H groups in total. The molecule has 26 heavy (non-hydrogen) atoms. The Hall–Kier alpha value is -2.14. The lowest BCUT2D eigenvalue weighted by Gasteiger charge is -2.17. The maximum Gasteiger partial charge on any atom is 0.242 e. The van der Waals surface area contributed by atoms with Crippen molar-refractivity contribution in [3.05, 3.63) is 88.4 Å². The minimum absolute atomic E-state index is 0.151. The lowest BCUT2D eigenvalue weighted by molar-refractivity contribution is -0.115. The fraction of sp³-hybridized carbons (Fsp3) is 0.0500. The Kier molecular flexibility index (Phi) is 6.09. The molecule has 132 valence electrons. The number of anilines is 2. The van der Waals surface area contributed by atoms with Crippen LogP contribution in [-0.4, -0.2) is 5.91 Å². The van der Waals surface area contributed by atoms with Crippen molar-refractivity contribution in [2.75, 3.05) is 11.1 Å². The summed E-state index contributed by atoms with van der Waals surface area (Å²) in [5.41, 5.74) is 8.02. The number of nitrogens with two attached hydrogens (primary N) is 1. The van der Waals surface area contributed by atoms with Crippen LogP contribution in [0.15, 0.2) is 77.7 Å². The van der Waals surface area contributed by atoms with Crippen LogP contribution >= 0.6 is 35.0 Å². The Labute approximate surface area is 166 Å². The van der Waals surface area contributed by atoms with Gasteiger partial charge in [0.25, 0.3) is 0 Å². The highest BCUT2D eigenvalue weighted by Crippen LogP contribution is 2.37. The first-order valence-corrected chi connectivity index (χ1v) is 9.49. The summed E-state index contributed by atoms with van der Waals surface area (Å²) >= 11 is 13.4. The number of hydrogen-bond acceptors (Lipinski definition) is 3. The summed E-state index contributed by atoms with van der Waals surface area (Å²) in [7, 11) is 0. The van der Waals surface area contributed by atoms with Gasteiger partial charge in [-0.05, 0) is 42.0 Å². The number of thioether (sulfide) groups is 1. The molecule has 1 unspecified atom stereocenters. The van der Waals surface area contributed by atoms with Crippen LogP contribution in [-0.2, 0) is 4.79 Å². The average molecular weight is 403 g/mol. The number of hydrogen-bond donors (Lipinski definition) is 2. The van der Waals surface area contributed by atoms with Crippen LogP contribution in [0.1, 0.15) is 10.8 Å². The molecule has 0 aliphatic rings. The van der Waals surface area contributed by atoms with E-state index >= 15 is 0 Å². The minimum Gasteiger partial charge on any atom is -0.399 e. The molecule has 0 aromatic heterocycles. The first-order chi connectivity index (χ1) is 12.5. The highest BCUT2D eigenvalue weighted by atomic mass is 35.5. The predicted octanol–water partition coefficient (Wildman–Crippen LogP) is 6.05. The van der Waals surface area contributed by atoms with Crippen molar-refractivity contribution in [2.24, 2.45) is 0 Å². The van der Waals surface area contributed by atoms with Crippen LogP contribution in [0.2, 0.25) is 10.0 Å². The third-order valence-electron chi connectivity index (χ3n) is 3.64. The van der Waals surface area contributed by atoms with Gasteiger partial charge < -0.3 is 11.1 Å². The molecule has 0 bridgehead atoms. The zero-order valence-electron chi connectivity index (χ0n) is 13.7. The summed E-state index contributed by atoms with van der Waals surface area (Å²) in [6.07, 6.45) is 0. The van der Waals surface area contributed by atoms with E-state index in [2.05, 4.69) is 5.32 Å². The Morgan fingerprint density at radius 1 is 0.923 bits per heavy atom. The molecule has 3 rings (SSSR count). The summed E-state index contributed by atoms with van der Waals surface area (Å²) in [6.45, 7) is 0. The van der Waals surface area contributed by atoms with Crippen LogP contribution in [0, 0.1) is 0 Å². The van der Waals surface area contributed by atoms with Gasteiger partial charge in [0.05, 0.1) is 10.0 Å². The molecule has 3 aromatic carbocycles. The third-order valence-corrected chi connectivity index (χ3v) is 5.63. The van der Waals surface area contributed by atoms with Gasteiger partial charge in [0.1, 0.15) is 5.25 Å². The Bertz CT molecular complexity index is 919. The fourth-order valence-corrected chi connectivity index (χ4v) is 3.80. The number of rotatable bonds is 5. The van der Waals surface area contributed by atoms with Gasteiger partial charge in [-0.25, -0.2) is 0 Å². The molecular formula is C20H16Cl2N2OS. The predicted molar refractivity (Wildman–Crippen MR) is 111 cm³/mol. The van der Waals surface area contributed by atoms with Gasteiger partial charge in [0, 0.05) is 16.3 Å². The molecule has 0 saturated carbocycles. The van der Waals surface area contributed by atoms with Crippen molar-refractivity contribution in [2.45, 2.75) is 10.1 Å². The van der Waals surface area contributed by atoms with Crippen molar-refractivity contribution < 1.29 is 4.79 Å². The second-order valence-electron chi connectivity index (χ2n) is 5.60. The van der Waals surface area contributed by atoms with Crippen LogP contribution in [0.3, 0.4) is 0 Å². The van der Waals surface area contributed by atoms with Crippen molar-refractivity contribution in [3.63, 3.8) is 0 Å². The molecule has 0 fully saturated rings. The fourth-order valence-electron chi connectivity index (χ4n) is 2.41. The quantitative estimate of drug-likeness (QED) is 0.403. The second-order valence-corrected chi connectivity index (χ2v) is 7.59. The van der Waals surface area contributed by atoms with E-state index in [-0.39, 0.29) is 5.91 Å². The number of halogens is 2. The molecule has 3 aromatic rings. The first kappa shape index (κ1) is 18.6. The highest BCUT2D eigenvalue weighted by Gasteiger charge is 2.22. The number of nitrogens with one attached hydrogen (secondary N) is 1. The van der Waals surface area contributed by atoms with E-state index in [1.54, 1.807) is 18.2 Å². The summed E-state index contributed by atoms with van der Waals surface area (Å²) in [6, 6.07) is 22.1. The number of amides is 1. The zero-order chi connectivity index (χ0) is 18.5. The van der Waals surface area contributed by atoms with Gasteiger partial charge in [-0.1, -0.05) is 59.6 Å². The SMILES string of the molecule is Nc1cccc(SC(C(=O)Nc2ccc(Cl)c(Cl)c2)c2ccccc2)c1. The molecule has 0 saturated heterocycles. The Balaban J connectivity index is 1.87. The van der Waals surface area contributed by atoms with Crippen molar-refractivity contribution in [1.29, 1.82) is 0 Å². The number of carbonyl (C=O) groups is 1. The standard InChI is InChI=1S/C20H16Cl2N2OS/c21-17-10-9-15(12-18(17)22)24-20(25)19(13-5-2-1-3-6-13)26-16-8-4-7-14(23)11-16/h1-12,19H,23H2,(H,24,25). The van der Waals surface area contributed by atoms with E-state index in [0.29, 0.717) is 21.4 Å². The van der Waals surface area contributed by atoms with Crippen LogP contribution in [0.4, 0.5) is 11.4 Å². The molecule has 3 nitrogen and oxygen atoms in total. The maximum absolute atomic E-state index is 13.0. The van der Waals surface area contributed by atoms with Crippen LogP contribution in [0.5, 0.6) is 0 Å². The van der Waals surface area contributed by atoms with E-state index < -0.39 is 5.25 Å². The van der Waals surface area contributed by atoms with E-state index in [1.807, 2.05) is 54.6 Å². The molecule has 0 heterocycles. The summed E-state index contributed by atoms with van der Waals surface area (Å²) in [5, 5.41) is 3.31.